The van der Waals surface area contributed by atoms with Crippen molar-refractivity contribution in [2.75, 3.05) is 14.1 Å². The molecule has 0 aliphatic carbocycles. The van der Waals surface area contributed by atoms with Crippen molar-refractivity contribution in [1.29, 1.82) is 0 Å². The molecule has 4 heteroatoms. The first kappa shape index (κ1) is 14.0. The van der Waals surface area contributed by atoms with E-state index in [1.165, 1.54) is 6.08 Å². The van der Waals surface area contributed by atoms with E-state index in [0.717, 1.165) is 0 Å². The highest BCUT2D eigenvalue weighted by Crippen LogP contribution is 2.04. The lowest BCUT2D eigenvalue weighted by Crippen LogP contribution is -2.23. The molecule has 18 heavy (non-hydrogen) atoms. The van der Waals surface area contributed by atoms with E-state index in [9.17, 15) is 9.59 Å². The Hall–Kier alpha value is -2.10. The highest BCUT2D eigenvalue weighted by molar-refractivity contribution is 5.96. The molecule has 0 heterocycles. The van der Waals surface area contributed by atoms with Crippen LogP contribution in [0.5, 0.6) is 0 Å². The fourth-order valence-corrected chi connectivity index (χ4v) is 1.22. The van der Waals surface area contributed by atoms with Crippen molar-refractivity contribution in [3.05, 3.63) is 48.2 Å². The molecule has 0 radical (unpaired) electrons. The SMILES string of the molecule is CC(OC(=O)c1ccccc1)C(=O)C=CN(C)C. The number of hydrogen-bond donors (Lipinski definition) is 0. The molecule has 0 fully saturated rings. The van der Waals surface area contributed by atoms with Crippen molar-refractivity contribution in [1.82, 2.24) is 4.90 Å². The zero-order chi connectivity index (χ0) is 13.5. The molecule has 0 N–H and O–H groups in total. The quantitative estimate of drug-likeness (QED) is 0.588. The molecule has 1 atom stereocenters. The smallest absolute Gasteiger partial charge is 0.338 e. The highest BCUT2D eigenvalue weighted by atomic mass is 16.5. The second-order valence-corrected chi connectivity index (χ2v) is 4.10. The largest absolute Gasteiger partial charge is 0.451 e. The van der Waals surface area contributed by atoms with Gasteiger partial charge in [-0.2, -0.15) is 0 Å². The maximum atomic E-state index is 11.7. The van der Waals surface area contributed by atoms with E-state index in [1.807, 2.05) is 20.2 Å². The fourth-order valence-electron chi connectivity index (χ4n) is 1.22. The third-order valence-electron chi connectivity index (χ3n) is 2.23. The van der Waals surface area contributed by atoms with Crippen LogP contribution in [0.1, 0.15) is 17.3 Å². The summed E-state index contributed by atoms with van der Waals surface area (Å²) in [6, 6.07) is 8.60. The average Bonchev–Trinajstić information content (AvgIpc) is 2.36. The molecule has 0 amide bonds. The molecule has 4 nitrogen and oxygen atoms in total. The lowest BCUT2D eigenvalue weighted by molar-refractivity contribution is -0.122. The van der Waals surface area contributed by atoms with Gasteiger partial charge in [0.2, 0.25) is 0 Å². The molecule has 0 spiro atoms. The molecule has 96 valence electrons. The van der Waals surface area contributed by atoms with Crippen LogP contribution < -0.4 is 0 Å². The zero-order valence-electron chi connectivity index (χ0n) is 10.8. The normalized spacial score (nSPS) is 12.2. The number of nitrogens with zero attached hydrogens (tertiary/aromatic N) is 1. The van der Waals surface area contributed by atoms with Crippen LogP contribution in [0.2, 0.25) is 0 Å². The number of esters is 1. The van der Waals surface area contributed by atoms with E-state index in [2.05, 4.69) is 0 Å². The second kappa shape index (κ2) is 6.59. The Kier molecular flexibility index (Phi) is 5.11. The van der Waals surface area contributed by atoms with Gasteiger partial charge in [-0.05, 0) is 19.1 Å². The lowest BCUT2D eigenvalue weighted by Gasteiger charge is -2.10. The molecule has 1 unspecified atom stereocenters. The molecule has 0 aliphatic rings. The van der Waals surface area contributed by atoms with Crippen molar-refractivity contribution < 1.29 is 14.3 Å². The second-order valence-electron chi connectivity index (χ2n) is 4.10. The third-order valence-corrected chi connectivity index (χ3v) is 2.23. The summed E-state index contributed by atoms with van der Waals surface area (Å²) in [6.45, 7) is 1.56. The minimum absolute atomic E-state index is 0.243. The third kappa shape index (κ3) is 4.41. The summed E-state index contributed by atoms with van der Waals surface area (Å²) in [4.78, 5) is 25.1. The number of carbonyl (C=O) groups excluding carboxylic acids is 2. The van der Waals surface area contributed by atoms with Gasteiger partial charge >= 0.3 is 5.97 Å². The zero-order valence-corrected chi connectivity index (χ0v) is 10.8. The van der Waals surface area contributed by atoms with Crippen LogP contribution in [0.25, 0.3) is 0 Å². The van der Waals surface area contributed by atoms with E-state index < -0.39 is 12.1 Å². The molecular weight excluding hydrogens is 230 g/mol. The molecule has 0 aromatic heterocycles. The van der Waals surface area contributed by atoms with Gasteiger partial charge in [0, 0.05) is 26.4 Å². The van der Waals surface area contributed by atoms with Crippen LogP contribution in [0, 0.1) is 0 Å². The summed E-state index contributed by atoms with van der Waals surface area (Å²) < 4.78 is 5.07. The van der Waals surface area contributed by atoms with E-state index >= 15 is 0 Å². The van der Waals surface area contributed by atoms with Crippen LogP contribution in [0.15, 0.2) is 42.6 Å². The Morgan fingerprint density at radius 2 is 1.83 bits per heavy atom. The number of rotatable bonds is 5. The molecule has 1 rings (SSSR count). The average molecular weight is 247 g/mol. The van der Waals surface area contributed by atoms with Crippen molar-refractivity contribution in [2.45, 2.75) is 13.0 Å². The summed E-state index contributed by atoms with van der Waals surface area (Å²) in [5.41, 5.74) is 0.439. The maximum Gasteiger partial charge on any atom is 0.338 e. The van der Waals surface area contributed by atoms with Gasteiger partial charge in [-0.25, -0.2) is 4.79 Å². The topological polar surface area (TPSA) is 46.6 Å². The van der Waals surface area contributed by atoms with Gasteiger partial charge in [0.25, 0.3) is 0 Å². The number of ketones is 1. The molecule has 1 aromatic rings. The van der Waals surface area contributed by atoms with Crippen molar-refractivity contribution in [2.24, 2.45) is 0 Å². The van der Waals surface area contributed by atoms with Gasteiger partial charge < -0.3 is 9.64 Å². The van der Waals surface area contributed by atoms with Gasteiger partial charge in [0.15, 0.2) is 11.9 Å². The van der Waals surface area contributed by atoms with Crippen LogP contribution in [-0.2, 0) is 9.53 Å². The van der Waals surface area contributed by atoms with Crippen molar-refractivity contribution >= 4 is 11.8 Å². The fraction of sp³-hybridized carbons (Fsp3) is 0.286. The minimum atomic E-state index is -0.783. The molecule has 0 saturated carbocycles. The van der Waals surface area contributed by atoms with E-state index in [1.54, 1.807) is 42.3 Å². The van der Waals surface area contributed by atoms with Gasteiger partial charge in [0.05, 0.1) is 5.56 Å². The van der Waals surface area contributed by atoms with Crippen LogP contribution in [0.4, 0.5) is 0 Å². The van der Waals surface area contributed by atoms with Crippen molar-refractivity contribution in [3.8, 4) is 0 Å². The van der Waals surface area contributed by atoms with Gasteiger partial charge in [-0.1, -0.05) is 18.2 Å². The Morgan fingerprint density at radius 1 is 1.22 bits per heavy atom. The van der Waals surface area contributed by atoms with E-state index in [4.69, 9.17) is 4.74 Å². The number of carbonyl (C=O) groups is 2. The first-order valence-corrected chi connectivity index (χ1v) is 5.65. The summed E-state index contributed by atoms with van der Waals surface area (Å²) in [7, 11) is 3.62. The van der Waals surface area contributed by atoms with Crippen LogP contribution in [0.3, 0.4) is 0 Å². The summed E-state index contributed by atoms with van der Waals surface area (Å²) >= 11 is 0. The molecule has 0 bridgehead atoms. The number of hydrogen-bond acceptors (Lipinski definition) is 4. The predicted molar refractivity (Wildman–Crippen MR) is 69.2 cm³/mol. The van der Waals surface area contributed by atoms with E-state index in [0.29, 0.717) is 5.56 Å². The summed E-state index contributed by atoms with van der Waals surface area (Å²) in [5.74, 6) is -0.734. The molecule has 1 aromatic carbocycles. The predicted octanol–water partition coefficient (Wildman–Crippen LogP) is 1.88. The lowest BCUT2D eigenvalue weighted by atomic mass is 10.2. The monoisotopic (exact) mass is 247 g/mol. The first-order valence-electron chi connectivity index (χ1n) is 5.65. The van der Waals surface area contributed by atoms with Gasteiger partial charge in [-0.3, -0.25) is 4.79 Å². The number of benzene rings is 1. The molecular formula is C14H17NO3. The van der Waals surface area contributed by atoms with Crippen molar-refractivity contribution in [3.63, 3.8) is 0 Å². The molecule has 0 aliphatic heterocycles. The van der Waals surface area contributed by atoms with Crippen LogP contribution >= 0.6 is 0 Å². The summed E-state index contributed by atoms with van der Waals surface area (Å²) in [5, 5.41) is 0. The highest BCUT2D eigenvalue weighted by Gasteiger charge is 2.16. The Morgan fingerprint density at radius 3 is 2.39 bits per heavy atom. The Labute approximate surface area is 107 Å². The minimum Gasteiger partial charge on any atom is -0.451 e. The molecule has 0 saturated heterocycles. The first-order chi connectivity index (χ1) is 8.50. The standard InChI is InChI=1S/C14H17NO3/c1-11(13(16)9-10-15(2)3)18-14(17)12-7-5-4-6-8-12/h4-11H,1-3H3. The Bertz CT molecular complexity index is 438. The van der Waals surface area contributed by atoms with E-state index in [-0.39, 0.29) is 5.78 Å². The number of ether oxygens (including phenoxy) is 1. The Balaban J connectivity index is 2.57. The van der Waals surface area contributed by atoms with Gasteiger partial charge in [-0.15, -0.1) is 0 Å². The summed E-state index contributed by atoms with van der Waals surface area (Å²) in [6.07, 6.45) is 2.23. The van der Waals surface area contributed by atoms with Gasteiger partial charge in [0.1, 0.15) is 0 Å². The van der Waals surface area contributed by atoms with Crippen LogP contribution in [-0.4, -0.2) is 36.9 Å². The maximum absolute atomic E-state index is 11.7.